The van der Waals surface area contributed by atoms with E-state index in [0.717, 1.165) is 0 Å². The average Bonchev–Trinajstić information content (AvgIpc) is 2.93. The zero-order valence-corrected chi connectivity index (χ0v) is 12.1. The van der Waals surface area contributed by atoms with Gasteiger partial charge in [0.05, 0.1) is 19.8 Å². The molecule has 8 N–H and O–H groups in total. The topological polar surface area (TPSA) is 190 Å². The molecule has 11 nitrogen and oxygen atoms in total. The van der Waals surface area contributed by atoms with Gasteiger partial charge in [0.15, 0.2) is 0 Å². The Morgan fingerprint density at radius 1 is 0.826 bits per heavy atom. The summed E-state index contributed by atoms with van der Waals surface area (Å²) in [7, 11) is 0. The molecular weight excluding hydrogens is 320 g/mol. The summed E-state index contributed by atoms with van der Waals surface area (Å²) in [6.07, 6.45) is -9.10. The Morgan fingerprint density at radius 2 is 1.43 bits per heavy atom. The number of hydrogen-bond acceptors (Lipinski definition) is 11. The summed E-state index contributed by atoms with van der Waals surface area (Å²) in [5.74, 6) is -4.44. The highest BCUT2D eigenvalue weighted by Crippen LogP contribution is 2.34. The van der Waals surface area contributed by atoms with Crippen LogP contribution in [0.2, 0.25) is 0 Å². The zero-order valence-electron chi connectivity index (χ0n) is 12.1. The maximum atomic E-state index is 9.94. The lowest BCUT2D eigenvalue weighted by atomic mass is 10.0. The van der Waals surface area contributed by atoms with Crippen molar-refractivity contribution in [1.29, 1.82) is 0 Å². The van der Waals surface area contributed by atoms with Crippen LogP contribution in [0.15, 0.2) is 0 Å². The molecule has 11 heteroatoms. The Labute approximate surface area is 130 Å². The van der Waals surface area contributed by atoms with E-state index in [1.807, 2.05) is 0 Å². The maximum Gasteiger partial charge on any atom is 0.221 e. The number of ether oxygens (including phenoxy) is 3. The average molecular weight is 342 g/mol. The Kier molecular flexibility index (Phi) is 5.60. The number of aliphatic hydroxyl groups is 8. The Morgan fingerprint density at radius 3 is 1.87 bits per heavy atom. The molecule has 2 rings (SSSR count). The molecular formula is C12H22O11. The Hall–Kier alpha value is -0.440. The Bertz CT molecular complexity index is 408. The monoisotopic (exact) mass is 342 g/mol. The second-order valence-electron chi connectivity index (χ2n) is 5.65. The van der Waals surface area contributed by atoms with E-state index in [4.69, 9.17) is 24.4 Å². The van der Waals surface area contributed by atoms with Gasteiger partial charge in [-0.15, -0.1) is 0 Å². The minimum atomic E-state index is -2.37. The first kappa shape index (κ1) is 18.9. The van der Waals surface area contributed by atoms with Crippen LogP contribution in [0.1, 0.15) is 0 Å². The van der Waals surface area contributed by atoms with Gasteiger partial charge in [-0.25, -0.2) is 0 Å². The van der Waals surface area contributed by atoms with Crippen LogP contribution in [-0.2, 0) is 14.2 Å². The smallest absolute Gasteiger partial charge is 0.221 e. The summed E-state index contributed by atoms with van der Waals surface area (Å²) in [4.78, 5) is 0. The van der Waals surface area contributed by atoms with Gasteiger partial charge in [-0.05, 0) is 0 Å². The first-order valence-corrected chi connectivity index (χ1v) is 7.01. The van der Waals surface area contributed by atoms with Crippen molar-refractivity contribution in [3.63, 3.8) is 0 Å². The van der Waals surface area contributed by atoms with Gasteiger partial charge in [-0.2, -0.15) is 0 Å². The molecule has 0 spiro atoms. The third-order valence-corrected chi connectivity index (χ3v) is 4.15. The molecule has 2 fully saturated rings. The maximum absolute atomic E-state index is 9.94. The molecule has 8 atom stereocenters. The highest BCUT2D eigenvalue weighted by molar-refractivity contribution is 4.99. The minimum Gasteiger partial charge on any atom is -0.394 e. The number of aliphatic hydroxyl groups excluding tert-OH is 7. The van der Waals surface area contributed by atoms with Crippen molar-refractivity contribution in [2.75, 3.05) is 26.4 Å². The molecule has 0 radical (unpaired) electrons. The van der Waals surface area contributed by atoms with Gasteiger partial charge in [0.2, 0.25) is 11.6 Å². The molecule has 0 amide bonds. The zero-order chi connectivity index (χ0) is 17.4. The quantitative estimate of drug-likeness (QED) is 0.230. The predicted octanol–water partition coefficient (Wildman–Crippen LogP) is -5.39. The normalized spacial score (nSPS) is 50.6. The van der Waals surface area contributed by atoms with E-state index in [0.29, 0.717) is 0 Å². The second-order valence-corrected chi connectivity index (χ2v) is 5.65. The largest absolute Gasteiger partial charge is 0.394 e. The molecule has 0 unspecified atom stereocenters. The van der Waals surface area contributed by atoms with Gasteiger partial charge in [-0.3, -0.25) is 0 Å². The van der Waals surface area contributed by atoms with Crippen LogP contribution in [0.4, 0.5) is 0 Å². The highest BCUT2D eigenvalue weighted by atomic mass is 16.7. The van der Waals surface area contributed by atoms with Crippen LogP contribution < -0.4 is 0 Å². The standard InChI is InChI=1S/C12H22O11/c13-1-5-7(16)10(19)12(4-15,23-5)21-2-6-8(17)9(18)11(20,3-14)22-6/h5-10,13-20H,1-4H2/t5-,6-,7-,8-,9+,10+,11-,12+/m1/s1. The summed E-state index contributed by atoms with van der Waals surface area (Å²) >= 11 is 0. The summed E-state index contributed by atoms with van der Waals surface area (Å²) < 4.78 is 15.3. The number of rotatable bonds is 6. The summed E-state index contributed by atoms with van der Waals surface area (Å²) in [5.41, 5.74) is 0. The third-order valence-electron chi connectivity index (χ3n) is 4.15. The van der Waals surface area contributed by atoms with Crippen LogP contribution in [0.3, 0.4) is 0 Å². The molecule has 0 aromatic heterocycles. The molecule has 0 bridgehead atoms. The van der Waals surface area contributed by atoms with Gasteiger partial charge < -0.3 is 55.1 Å². The molecule has 2 aliphatic heterocycles. The Balaban J connectivity index is 2.04. The predicted molar refractivity (Wildman–Crippen MR) is 68.7 cm³/mol. The molecule has 2 aliphatic rings. The van der Waals surface area contributed by atoms with E-state index in [1.54, 1.807) is 0 Å². The van der Waals surface area contributed by atoms with Gasteiger partial charge >= 0.3 is 0 Å². The van der Waals surface area contributed by atoms with Crippen LogP contribution in [0.25, 0.3) is 0 Å². The van der Waals surface area contributed by atoms with Crippen LogP contribution in [-0.4, -0.2) is 115 Å². The first-order chi connectivity index (χ1) is 10.7. The number of hydrogen-bond donors (Lipinski definition) is 8. The van der Waals surface area contributed by atoms with E-state index < -0.39 is 74.6 Å². The highest BCUT2D eigenvalue weighted by Gasteiger charge is 2.57. The minimum absolute atomic E-state index is 0.553. The van der Waals surface area contributed by atoms with Crippen LogP contribution in [0.5, 0.6) is 0 Å². The molecule has 0 aliphatic carbocycles. The van der Waals surface area contributed by atoms with E-state index in [9.17, 15) is 30.6 Å². The van der Waals surface area contributed by atoms with Crippen LogP contribution >= 0.6 is 0 Å². The fraction of sp³-hybridized carbons (Fsp3) is 1.00. The lowest BCUT2D eigenvalue weighted by molar-refractivity contribution is -0.296. The van der Waals surface area contributed by atoms with E-state index in [1.165, 1.54) is 0 Å². The van der Waals surface area contributed by atoms with Crippen molar-refractivity contribution < 1.29 is 55.1 Å². The van der Waals surface area contributed by atoms with Gasteiger partial charge in [0.25, 0.3) is 0 Å². The van der Waals surface area contributed by atoms with Crippen molar-refractivity contribution in [2.45, 2.75) is 48.2 Å². The van der Waals surface area contributed by atoms with Crippen molar-refractivity contribution in [2.24, 2.45) is 0 Å². The lowest BCUT2D eigenvalue weighted by Gasteiger charge is -2.31. The summed E-state index contributed by atoms with van der Waals surface area (Å²) in [6, 6.07) is 0. The molecule has 2 saturated heterocycles. The fourth-order valence-electron chi connectivity index (χ4n) is 2.66. The lowest BCUT2D eigenvalue weighted by Crippen LogP contribution is -2.50. The van der Waals surface area contributed by atoms with Crippen molar-refractivity contribution in [3.05, 3.63) is 0 Å². The first-order valence-electron chi connectivity index (χ1n) is 7.01. The van der Waals surface area contributed by atoms with Crippen molar-refractivity contribution in [1.82, 2.24) is 0 Å². The molecule has 136 valence electrons. The molecule has 0 aromatic rings. The van der Waals surface area contributed by atoms with Gasteiger partial charge in [-0.1, -0.05) is 0 Å². The van der Waals surface area contributed by atoms with Crippen molar-refractivity contribution >= 4 is 0 Å². The van der Waals surface area contributed by atoms with Crippen LogP contribution in [0, 0.1) is 0 Å². The summed E-state index contributed by atoms with van der Waals surface area (Å²) in [5, 5.41) is 76.3. The van der Waals surface area contributed by atoms with E-state index in [-0.39, 0.29) is 0 Å². The van der Waals surface area contributed by atoms with E-state index in [2.05, 4.69) is 0 Å². The van der Waals surface area contributed by atoms with Gasteiger partial charge in [0, 0.05) is 0 Å². The van der Waals surface area contributed by atoms with Crippen molar-refractivity contribution in [3.8, 4) is 0 Å². The molecule has 2 heterocycles. The molecule has 23 heavy (non-hydrogen) atoms. The molecule has 0 saturated carbocycles. The fourth-order valence-corrected chi connectivity index (χ4v) is 2.66. The SMILES string of the molecule is OC[C@H]1O[C@](CO)(OC[C@H]2O[C@](O)(CO)[C@@H](O)[C@@H]2O)[C@@H](O)[C@@H]1O. The second kappa shape index (κ2) is 6.82. The molecule has 0 aromatic carbocycles. The van der Waals surface area contributed by atoms with Gasteiger partial charge in [0.1, 0.15) is 43.2 Å². The summed E-state index contributed by atoms with van der Waals surface area (Å²) in [6.45, 7) is -3.04. The third kappa shape index (κ3) is 3.10. The van der Waals surface area contributed by atoms with E-state index >= 15 is 0 Å².